The maximum absolute atomic E-state index is 13.6. The molecule has 3 aromatic carbocycles. The van der Waals surface area contributed by atoms with Crippen LogP contribution in [0.1, 0.15) is 42.4 Å². The van der Waals surface area contributed by atoms with Gasteiger partial charge in [-0.05, 0) is 66.3 Å². The van der Waals surface area contributed by atoms with Gasteiger partial charge in [-0.3, -0.25) is 9.59 Å². The highest BCUT2D eigenvalue weighted by Gasteiger charge is 2.14. The fourth-order valence-corrected chi connectivity index (χ4v) is 4.49. The van der Waals surface area contributed by atoms with E-state index in [2.05, 4.69) is 0 Å². The lowest BCUT2D eigenvalue weighted by molar-refractivity contribution is -0.137. The molecule has 1 aromatic heterocycles. The molecule has 7 nitrogen and oxygen atoms in total. The van der Waals surface area contributed by atoms with Gasteiger partial charge in [0.15, 0.2) is 11.6 Å². The molecule has 0 saturated carbocycles. The molecule has 4 aromatic rings. The van der Waals surface area contributed by atoms with Gasteiger partial charge in [0.2, 0.25) is 0 Å². The summed E-state index contributed by atoms with van der Waals surface area (Å²) < 4.78 is 26.8. The maximum atomic E-state index is 13.6. The third-order valence-corrected chi connectivity index (χ3v) is 6.39. The van der Waals surface area contributed by atoms with Gasteiger partial charge in [0, 0.05) is 30.1 Å². The predicted octanol–water partition coefficient (Wildman–Crippen LogP) is 6.68. The topological polar surface area (TPSA) is 98.0 Å². The Bertz CT molecular complexity index is 1470. The minimum absolute atomic E-state index is 0.0527. The molecule has 0 amide bonds. The summed E-state index contributed by atoms with van der Waals surface area (Å²) in [5.41, 5.74) is 3.43. The van der Waals surface area contributed by atoms with Gasteiger partial charge in [0.25, 0.3) is 0 Å². The van der Waals surface area contributed by atoms with E-state index in [1.807, 2.05) is 65.4 Å². The average Bonchev–Trinajstić information content (AvgIpc) is 3.28. The van der Waals surface area contributed by atoms with Crippen molar-refractivity contribution in [3.63, 3.8) is 0 Å². The first-order valence-corrected chi connectivity index (χ1v) is 13.2. The van der Waals surface area contributed by atoms with Gasteiger partial charge in [0.1, 0.15) is 5.75 Å². The fraction of sp³-hybridized carbons (Fsp3) is 0.250. The minimum atomic E-state index is -0.920. The third kappa shape index (κ3) is 7.96. The number of aliphatic carboxylic acids is 2. The number of aromatic nitrogens is 1. The highest BCUT2D eigenvalue weighted by molar-refractivity contribution is 5.96. The molecular weight excluding hydrogens is 513 g/mol. The summed E-state index contributed by atoms with van der Waals surface area (Å²) in [4.78, 5) is 22.4. The molecule has 0 spiro atoms. The summed E-state index contributed by atoms with van der Waals surface area (Å²) in [6.07, 6.45) is 7.65. The normalized spacial score (nSPS) is 11.2. The quantitative estimate of drug-likeness (QED) is 0.128. The van der Waals surface area contributed by atoms with E-state index >= 15 is 0 Å². The zero-order valence-corrected chi connectivity index (χ0v) is 22.1. The Hall–Kier alpha value is -4.59. The second kappa shape index (κ2) is 14.0. The monoisotopic (exact) mass is 545 g/mol. The Kier molecular flexibility index (Phi) is 9.93. The van der Waals surface area contributed by atoms with Crippen molar-refractivity contribution >= 4 is 35.0 Å². The van der Waals surface area contributed by atoms with Crippen LogP contribution < -0.4 is 9.47 Å². The maximum Gasteiger partial charge on any atom is 0.307 e. The zero-order valence-electron chi connectivity index (χ0n) is 22.1. The number of ether oxygens (including phenoxy) is 2. The number of fused-ring (bicyclic) bond motifs is 1. The molecule has 8 heteroatoms. The van der Waals surface area contributed by atoms with Crippen molar-refractivity contribution in [3.05, 3.63) is 95.4 Å². The van der Waals surface area contributed by atoms with Gasteiger partial charge in [0.05, 0.1) is 19.6 Å². The third-order valence-electron chi connectivity index (χ3n) is 6.39. The van der Waals surface area contributed by atoms with Crippen LogP contribution in [0.4, 0.5) is 4.39 Å². The Morgan fingerprint density at radius 3 is 2.30 bits per heavy atom. The Morgan fingerprint density at radius 1 is 0.825 bits per heavy atom. The highest BCUT2D eigenvalue weighted by atomic mass is 19.1. The second-order valence-electron chi connectivity index (χ2n) is 9.39. The number of unbranched alkanes of at least 4 members (excludes halogenated alkanes) is 1. The first-order valence-electron chi connectivity index (χ1n) is 13.2. The summed E-state index contributed by atoms with van der Waals surface area (Å²) in [6, 6.07) is 19.8. The zero-order chi connectivity index (χ0) is 28.3. The van der Waals surface area contributed by atoms with Crippen molar-refractivity contribution < 1.29 is 33.7 Å². The summed E-state index contributed by atoms with van der Waals surface area (Å²) in [7, 11) is 0. The van der Waals surface area contributed by atoms with Crippen LogP contribution in [0.5, 0.6) is 11.5 Å². The van der Waals surface area contributed by atoms with Crippen LogP contribution in [0.15, 0.2) is 72.9 Å². The largest absolute Gasteiger partial charge is 0.494 e. The number of carboxylic acid groups (broad SMARTS) is 2. The summed E-state index contributed by atoms with van der Waals surface area (Å²) in [5, 5.41) is 19.3. The van der Waals surface area contributed by atoms with E-state index in [4.69, 9.17) is 14.6 Å². The number of halogens is 1. The molecule has 0 atom stereocenters. The van der Waals surface area contributed by atoms with Crippen LogP contribution in [0.3, 0.4) is 0 Å². The number of hydrogen-bond donors (Lipinski definition) is 2. The molecule has 0 unspecified atom stereocenters. The first kappa shape index (κ1) is 28.4. The number of carbonyl (C=O) groups is 2. The van der Waals surface area contributed by atoms with Gasteiger partial charge < -0.3 is 24.3 Å². The standard InChI is InChI=1S/C32H32FNO6/c33-27-8-1-2-10-29(27)40-20-4-3-19-39-26-16-13-23(14-17-26)12-15-24-7-5-9-28-32(24)25(21-31(37)38)22-34(28)18-6-11-30(35)36/h1-2,5,7-10,12-17,22H,3-4,6,11,18-21H2,(H,35,36)(H,37,38)/b15-12+. The van der Waals surface area contributed by atoms with E-state index in [-0.39, 0.29) is 24.4 Å². The van der Waals surface area contributed by atoms with Crippen molar-refractivity contribution in [2.45, 2.75) is 38.6 Å². The van der Waals surface area contributed by atoms with Crippen molar-refractivity contribution in [2.24, 2.45) is 0 Å². The Balaban J connectivity index is 1.35. The number of aryl methyl sites for hydroxylation is 1. The first-order chi connectivity index (χ1) is 19.4. The van der Waals surface area contributed by atoms with Gasteiger partial charge in [-0.15, -0.1) is 0 Å². The summed E-state index contributed by atoms with van der Waals surface area (Å²) in [6.45, 7) is 1.43. The molecule has 0 aliphatic rings. The Labute approximate surface area is 232 Å². The van der Waals surface area contributed by atoms with Crippen molar-refractivity contribution in [1.82, 2.24) is 4.57 Å². The molecule has 0 fully saturated rings. The van der Waals surface area contributed by atoms with Gasteiger partial charge in [-0.2, -0.15) is 0 Å². The second-order valence-corrected chi connectivity index (χ2v) is 9.39. The number of benzene rings is 3. The number of hydrogen-bond acceptors (Lipinski definition) is 4. The number of nitrogens with zero attached hydrogens (tertiary/aromatic N) is 1. The van der Waals surface area contributed by atoms with Crippen molar-refractivity contribution in [2.75, 3.05) is 13.2 Å². The molecule has 2 N–H and O–H groups in total. The summed E-state index contributed by atoms with van der Waals surface area (Å²) in [5.74, 6) is -1.13. The van der Waals surface area contributed by atoms with E-state index in [0.29, 0.717) is 31.7 Å². The van der Waals surface area contributed by atoms with Crippen molar-refractivity contribution in [3.8, 4) is 11.5 Å². The fourth-order valence-electron chi connectivity index (χ4n) is 4.49. The number of para-hydroxylation sites is 1. The molecule has 0 aliphatic heterocycles. The van der Waals surface area contributed by atoms with E-state index < -0.39 is 11.9 Å². The molecule has 0 bridgehead atoms. The molecule has 1 heterocycles. The summed E-state index contributed by atoms with van der Waals surface area (Å²) >= 11 is 0. The molecule has 0 radical (unpaired) electrons. The van der Waals surface area contributed by atoms with Crippen LogP contribution in [-0.4, -0.2) is 39.9 Å². The number of rotatable bonds is 15. The van der Waals surface area contributed by atoms with E-state index in [0.717, 1.165) is 40.6 Å². The lowest BCUT2D eigenvalue weighted by atomic mass is 10.0. The van der Waals surface area contributed by atoms with Crippen LogP contribution in [0.25, 0.3) is 23.1 Å². The smallest absolute Gasteiger partial charge is 0.307 e. The van der Waals surface area contributed by atoms with Gasteiger partial charge in [-0.25, -0.2) is 4.39 Å². The predicted molar refractivity (Wildman–Crippen MR) is 152 cm³/mol. The molecular formula is C32H32FNO6. The molecule has 40 heavy (non-hydrogen) atoms. The lowest BCUT2D eigenvalue weighted by Crippen LogP contribution is -2.03. The van der Waals surface area contributed by atoms with Gasteiger partial charge in [-0.1, -0.05) is 48.6 Å². The SMILES string of the molecule is O=C(O)CCCn1cc(CC(=O)O)c2c(/C=C/c3ccc(OCCCCOc4ccccc4F)cc3)cccc21. The van der Waals surface area contributed by atoms with Crippen LogP contribution >= 0.6 is 0 Å². The molecule has 208 valence electrons. The average molecular weight is 546 g/mol. The highest BCUT2D eigenvalue weighted by Crippen LogP contribution is 2.28. The van der Waals surface area contributed by atoms with Crippen LogP contribution in [0.2, 0.25) is 0 Å². The van der Waals surface area contributed by atoms with Crippen LogP contribution in [-0.2, 0) is 22.6 Å². The van der Waals surface area contributed by atoms with E-state index in [1.165, 1.54) is 6.07 Å². The molecule has 0 aliphatic carbocycles. The molecule has 4 rings (SSSR count). The number of carboxylic acids is 2. The van der Waals surface area contributed by atoms with Crippen LogP contribution in [0, 0.1) is 5.82 Å². The van der Waals surface area contributed by atoms with Crippen molar-refractivity contribution in [1.29, 1.82) is 0 Å². The van der Waals surface area contributed by atoms with Gasteiger partial charge >= 0.3 is 11.9 Å². The Morgan fingerprint density at radius 2 is 1.57 bits per heavy atom. The van der Waals surface area contributed by atoms with E-state index in [1.54, 1.807) is 18.2 Å². The lowest BCUT2D eigenvalue weighted by Gasteiger charge is -2.08. The van der Waals surface area contributed by atoms with E-state index in [9.17, 15) is 19.1 Å². The molecule has 0 saturated heterocycles. The minimum Gasteiger partial charge on any atom is -0.494 e.